The third kappa shape index (κ3) is 5.93. The summed E-state index contributed by atoms with van der Waals surface area (Å²) in [6, 6.07) is 5.80. The first-order valence-corrected chi connectivity index (χ1v) is 10.2. The molecule has 1 atom stereocenters. The number of carbonyl (C=O) groups is 2. The molecule has 4 N–H and O–H groups in total. The van der Waals surface area contributed by atoms with Crippen molar-refractivity contribution in [3.8, 4) is 0 Å². The molecule has 7 heteroatoms. The molecule has 0 heterocycles. The van der Waals surface area contributed by atoms with Gasteiger partial charge in [0.15, 0.2) is 0 Å². The number of aliphatic hydroxyl groups excluding tert-OH is 2. The number of carbonyl (C=O) groups excluding carboxylic acids is 2. The van der Waals surface area contributed by atoms with E-state index in [4.69, 9.17) is 14.9 Å². The molecule has 0 bridgehead atoms. The molecule has 0 fully saturated rings. The van der Waals surface area contributed by atoms with Gasteiger partial charge in [-0.25, -0.2) is 0 Å². The van der Waals surface area contributed by atoms with Crippen LogP contribution < -0.4 is 10.6 Å². The summed E-state index contributed by atoms with van der Waals surface area (Å²) < 4.78 is 5.10. The van der Waals surface area contributed by atoms with Crippen LogP contribution in [0.3, 0.4) is 0 Å². The summed E-state index contributed by atoms with van der Waals surface area (Å²) >= 11 is 0. The number of aliphatic hydroxyl groups is 2. The van der Waals surface area contributed by atoms with Crippen LogP contribution in [0.25, 0.3) is 11.3 Å². The lowest BCUT2D eigenvalue weighted by molar-refractivity contribution is -0.129. The van der Waals surface area contributed by atoms with Crippen LogP contribution in [0.15, 0.2) is 54.7 Å². The van der Waals surface area contributed by atoms with Crippen molar-refractivity contribution < 1.29 is 24.5 Å². The Morgan fingerprint density at radius 1 is 1.23 bits per heavy atom. The van der Waals surface area contributed by atoms with Gasteiger partial charge in [0.1, 0.15) is 6.61 Å². The topological polar surface area (TPSA) is 108 Å². The first-order valence-electron chi connectivity index (χ1n) is 10.2. The zero-order chi connectivity index (χ0) is 22.8. The van der Waals surface area contributed by atoms with Gasteiger partial charge in [-0.2, -0.15) is 0 Å². The third-order valence-corrected chi connectivity index (χ3v) is 5.00. The summed E-state index contributed by atoms with van der Waals surface area (Å²) in [6.07, 6.45) is 4.23. The Hall–Kier alpha value is -3.16. The smallest absolute Gasteiger partial charge is 0.293 e. The number of hydrogen-bond acceptors (Lipinski definition) is 6. The molecular formula is C24H30N2O5. The molecular weight excluding hydrogens is 396 g/mol. The van der Waals surface area contributed by atoms with Gasteiger partial charge in [-0.05, 0) is 46.4 Å². The Bertz CT molecular complexity index is 901. The number of fused-ring (bicyclic) bond motifs is 1. The van der Waals surface area contributed by atoms with E-state index < -0.39 is 0 Å². The minimum atomic E-state index is -0.288. The molecule has 1 aromatic carbocycles. The Labute approximate surface area is 182 Å². The lowest BCUT2D eigenvalue weighted by atomic mass is 9.94. The number of rotatable bonds is 12. The van der Waals surface area contributed by atoms with Gasteiger partial charge >= 0.3 is 0 Å². The second kappa shape index (κ2) is 11.9. The van der Waals surface area contributed by atoms with Crippen LogP contribution in [0.1, 0.15) is 36.0 Å². The molecule has 1 unspecified atom stereocenters. The van der Waals surface area contributed by atoms with Gasteiger partial charge in [-0.1, -0.05) is 38.3 Å². The normalized spacial score (nSPS) is 16.7. The number of nitrogens with one attached hydrogen (secondary N) is 2. The molecule has 1 amide bonds. The van der Waals surface area contributed by atoms with Crippen molar-refractivity contribution in [2.45, 2.75) is 19.3 Å². The summed E-state index contributed by atoms with van der Waals surface area (Å²) in [5.41, 5.74) is 5.37. The van der Waals surface area contributed by atoms with Crippen molar-refractivity contribution in [2.24, 2.45) is 0 Å². The summed E-state index contributed by atoms with van der Waals surface area (Å²) in [5, 5.41) is 23.7. The minimum Gasteiger partial charge on any atom is -0.467 e. The Kier molecular flexibility index (Phi) is 9.24. The van der Waals surface area contributed by atoms with Crippen molar-refractivity contribution in [1.29, 1.82) is 0 Å². The molecule has 1 aromatic rings. The molecule has 0 aliphatic heterocycles. The van der Waals surface area contributed by atoms with Gasteiger partial charge in [0.2, 0.25) is 0 Å². The van der Waals surface area contributed by atoms with Crippen molar-refractivity contribution in [2.75, 3.05) is 32.9 Å². The second-order valence-electron chi connectivity index (χ2n) is 7.04. The molecule has 31 heavy (non-hydrogen) atoms. The van der Waals surface area contributed by atoms with Crippen LogP contribution in [0.2, 0.25) is 0 Å². The number of allylic oxidation sites excluding steroid dienone is 2. The molecule has 166 valence electrons. The zero-order valence-corrected chi connectivity index (χ0v) is 17.8. The highest BCUT2D eigenvalue weighted by molar-refractivity contribution is 5.98. The van der Waals surface area contributed by atoms with Crippen molar-refractivity contribution in [1.82, 2.24) is 10.6 Å². The van der Waals surface area contributed by atoms with E-state index in [2.05, 4.69) is 23.8 Å². The number of ether oxygens (including phenoxy) is 1. The largest absolute Gasteiger partial charge is 0.467 e. The van der Waals surface area contributed by atoms with Crippen LogP contribution in [-0.2, 0) is 14.3 Å². The Balaban J connectivity index is 2.46. The third-order valence-electron chi connectivity index (χ3n) is 5.00. The Morgan fingerprint density at radius 2 is 1.94 bits per heavy atom. The molecule has 1 aliphatic carbocycles. The average molecular weight is 427 g/mol. The molecule has 0 radical (unpaired) electrons. The molecule has 7 nitrogen and oxygen atoms in total. The molecule has 0 aromatic heterocycles. The highest BCUT2D eigenvalue weighted by Crippen LogP contribution is 2.46. The highest BCUT2D eigenvalue weighted by Gasteiger charge is 2.32. The van der Waals surface area contributed by atoms with Crippen molar-refractivity contribution in [3.63, 3.8) is 0 Å². The van der Waals surface area contributed by atoms with Gasteiger partial charge in [0.05, 0.1) is 13.2 Å². The lowest BCUT2D eigenvalue weighted by Crippen LogP contribution is -2.27. The van der Waals surface area contributed by atoms with Gasteiger partial charge in [0.25, 0.3) is 12.4 Å². The van der Waals surface area contributed by atoms with Crippen LogP contribution >= 0.6 is 0 Å². The first kappa shape index (κ1) is 24.1. The molecule has 0 saturated carbocycles. The maximum atomic E-state index is 12.5. The van der Waals surface area contributed by atoms with Crippen molar-refractivity contribution >= 4 is 23.6 Å². The SMILES string of the molecule is C=C(NCCO)c1ccc2c(c1)C(COC=O)/C(=C/C(=C\CC)C(=O)NCCO)C2=C. The fourth-order valence-corrected chi connectivity index (χ4v) is 3.53. The van der Waals surface area contributed by atoms with Gasteiger partial charge < -0.3 is 25.6 Å². The van der Waals surface area contributed by atoms with E-state index in [1.165, 1.54) is 0 Å². The fourth-order valence-electron chi connectivity index (χ4n) is 3.53. The molecule has 2 rings (SSSR count). The van der Waals surface area contributed by atoms with E-state index in [1.54, 1.807) is 12.2 Å². The maximum Gasteiger partial charge on any atom is 0.293 e. The van der Waals surface area contributed by atoms with Gasteiger partial charge in [-0.3, -0.25) is 9.59 Å². The van der Waals surface area contributed by atoms with Crippen LogP contribution in [0.4, 0.5) is 0 Å². The van der Waals surface area contributed by atoms with Crippen LogP contribution in [0.5, 0.6) is 0 Å². The maximum absolute atomic E-state index is 12.5. The summed E-state index contributed by atoms with van der Waals surface area (Å²) in [6.45, 7) is 11.1. The van der Waals surface area contributed by atoms with E-state index in [9.17, 15) is 9.59 Å². The lowest BCUT2D eigenvalue weighted by Gasteiger charge is -2.15. The predicted octanol–water partition coefficient (Wildman–Crippen LogP) is 1.89. The van der Waals surface area contributed by atoms with E-state index in [0.29, 0.717) is 30.7 Å². The highest BCUT2D eigenvalue weighted by atomic mass is 16.5. The van der Waals surface area contributed by atoms with E-state index in [-0.39, 0.29) is 38.2 Å². The van der Waals surface area contributed by atoms with Gasteiger partial charge in [0, 0.05) is 30.3 Å². The molecule has 0 saturated heterocycles. The summed E-state index contributed by atoms with van der Waals surface area (Å²) in [5.74, 6) is -0.575. The summed E-state index contributed by atoms with van der Waals surface area (Å²) in [4.78, 5) is 23.4. The average Bonchev–Trinajstić information content (AvgIpc) is 3.04. The quantitative estimate of drug-likeness (QED) is 0.300. The number of amides is 1. The first-order chi connectivity index (χ1) is 15.0. The van der Waals surface area contributed by atoms with E-state index in [0.717, 1.165) is 27.8 Å². The molecule has 1 aliphatic rings. The standard InChI is InChI=1S/C24H30N2O5/c1-4-5-19(24(30)26-9-11-28)13-21-16(2)20-7-6-18(17(3)25-8-10-27)12-22(20)23(21)14-31-15-29/h5-7,12-13,15,23,25,27-28H,2-4,8-11,14H2,1H3,(H,26,30)/b19-5+,21-13+. The van der Waals surface area contributed by atoms with E-state index in [1.807, 2.05) is 25.1 Å². The van der Waals surface area contributed by atoms with Gasteiger partial charge in [-0.15, -0.1) is 0 Å². The predicted molar refractivity (Wildman–Crippen MR) is 121 cm³/mol. The minimum absolute atomic E-state index is 0.00562. The Morgan fingerprint density at radius 3 is 2.58 bits per heavy atom. The fraction of sp³-hybridized carbons (Fsp3) is 0.333. The van der Waals surface area contributed by atoms with Crippen molar-refractivity contribution in [3.05, 3.63) is 71.3 Å². The second-order valence-corrected chi connectivity index (χ2v) is 7.04. The molecule has 0 spiro atoms. The monoisotopic (exact) mass is 426 g/mol. The number of benzene rings is 1. The zero-order valence-electron chi connectivity index (χ0n) is 17.8. The number of hydrogen-bond donors (Lipinski definition) is 4. The summed E-state index contributed by atoms with van der Waals surface area (Å²) in [7, 11) is 0. The van der Waals surface area contributed by atoms with Crippen LogP contribution in [-0.4, -0.2) is 55.5 Å². The van der Waals surface area contributed by atoms with E-state index >= 15 is 0 Å². The van der Waals surface area contributed by atoms with Crippen LogP contribution in [0, 0.1) is 0 Å².